The van der Waals surface area contributed by atoms with Crippen LogP contribution in [-0.4, -0.2) is 48.3 Å². The normalized spacial score (nSPS) is 10.6. The second kappa shape index (κ2) is 11.9. The van der Waals surface area contributed by atoms with Crippen LogP contribution >= 0.6 is 0 Å². The van der Waals surface area contributed by atoms with Crippen LogP contribution in [0, 0.1) is 17.8 Å². The first-order chi connectivity index (χ1) is 15.7. The summed E-state index contributed by atoms with van der Waals surface area (Å²) >= 11 is 0. The van der Waals surface area contributed by atoms with Crippen molar-refractivity contribution >= 4 is 29.8 Å². The zero-order valence-electron chi connectivity index (χ0n) is 18.5. The number of nitrogens with one attached hydrogen (secondary N) is 1. The lowest BCUT2D eigenvalue weighted by Crippen LogP contribution is -2.37. The van der Waals surface area contributed by atoms with Gasteiger partial charge >= 0.3 is 11.9 Å². The van der Waals surface area contributed by atoms with Crippen molar-refractivity contribution in [3.05, 3.63) is 70.8 Å². The third-order valence-electron chi connectivity index (χ3n) is 4.44. The van der Waals surface area contributed by atoms with Gasteiger partial charge in [0.25, 0.3) is 5.91 Å². The Labute approximate surface area is 192 Å². The van der Waals surface area contributed by atoms with E-state index in [1.54, 1.807) is 68.5 Å². The molecule has 0 aliphatic rings. The lowest BCUT2D eigenvalue weighted by molar-refractivity contribution is -0.147. The van der Waals surface area contributed by atoms with E-state index in [0.717, 1.165) is 0 Å². The monoisotopic (exact) mass is 447 g/mol. The largest absolute Gasteiger partial charge is 0.465 e. The van der Waals surface area contributed by atoms with Crippen molar-refractivity contribution in [1.29, 1.82) is 5.41 Å². The summed E-state index contributed by atoms with van der Waals surface area (Å²) in [7, 11) is 0. The Morgan fingerprint density at radius 1 is 1.09 bits per heavy atom. The fourth-order valence-corrected chi connectivity index (χ4v) is 2.82. The molecule has 0 aliphatic heterocycles. The highest BCUT2D eigenvalue weighted by molar-refractivity contribution is 5.99. The third-order valence-corrected chi connectivity index (χ3v) is 4.44. The molecular weight excluding hydrogens is 422 g/mol. The Balaban J connectivity index is 2.07. The van der Waals surface area contributed by atoms with Crippen molar-refractivity contribution in [3.63, 3.8) is 0 Å². The molecule has 170 valence electrons. The topological polar surface area (TPSA) is 123 Å². The van der Waals surface area contributed by atoms with Crippen LogP contribution in [0.5, 0.6) is 5.75 Å². The maximum absolute atomic E-state index is 12.7. The Morgan fingerprint density at radius 3 is 2.24 bits per heavy atom. The van der Waals surface area contributed by atoms with Crippen LogP contribution in [0.4, 0.5) is 0 Å². The molecule has 0 radical (unpaired) electrons. The van der Waals surface area contributed by atoms with E-state index >= 15 is 0 Å². The van der Waals surface area contributed by atoms with Gasteiger partial charge in [-0.25, -0.2) is 4.79 Å². The summed E-state index contributed by atoms with van der Waals surface area (Å²) in [6.45, 7) is 3.25. The highest BCUT2D eigenvalue weighted by atomic mass is 16.5. The first-order valence-corrected chi connectivity index (χ1v) is 10.1. The van der Waals surface area contributed by atoms with Crippen molar-refractivity contribution in [3.8, 4) is 18.1 Å². The van der Waals surface area contributed by atoms with Crippen molar-refractivity contribution in [2.75, 3.05) is 19.7 Å². The molecule has 33 heavy (non-hydrogen) atoms. The lowest BCUT2D eigenvalue weighted by atomic mass is 10.1. The molecule has 0 spiro atoms. The second-order valence-electron chi connectivity index (χ2n) is 6.95. The smallest absolute Gasteiger partial charge is 0.343 e. The van der Waals surface area contributed by atoms with Gasteiger partial charge in [-0.05, 0) is 61.9 Å². The van der Waals surface area contributed by atoms with Crippen molar-refractivity contribution in [1.82, 2.24) is 4.90 Å². The molecule has 8 nitrogen and oxygen atoms in total. The van der Waals surface area contributed by atoms with E-state index in [2.05, 4.69) is 5.92 Å². The summed E-state index contributed by atoms with van der Waals surface area (Å²) in [4.78, 5) is 38.0. The Kier molecular flexibility index (Phi) is 8.95. The van der Waals surface area contributed by atoms with Crippen molar-refractivity contribution in [2.45, 2.75) is 13.8 Å². The second-order valence-corrected chi connectivity index (χ2v) is 6.95. The average molecular weight is 447 g/mol. The Hall–Kier alpha value is -4.38. The molecule has 0 fully saturated rings. The molecule has 2 aromatic carbocycles. The van der Waals surface area contributed by atoms with E-state index < -0.39 is 17.8 Å². The van der Waals surface area contributed by atoms with Gasteiger partial charge in [-0.3, -0.25) is 15.0 Å². The number of carbonyl (C=O) groups is 3. The van der Waals surface area contributed by atoms with Crippen molar-refractivity contribution < 1.29 is 23.9 Å². The highest BCUT2D eigenvalue weighted by Crippen LogP contribution is 2.16. The fourth-order valence-electron chi connectivity index (χ4n) is 2.82. The van der Waals surface area contributed by atoms with Crippen LogP contribution in [0.2, 0.25) is 0 Å². The number of esters is 2. The number of ether oxygens (including phenoxy) is 2. The molecule has 0 aliphatic carbocycles. The van der Waals surface area contributed by atoms with Gasteiger partial charge in [0.2, 0.25) is 0 Å². The van der Waals surface area contributed by atoms with E-state index in [-0.39, 0.29) is 25.5 Å². The zero-order chi connectivity index (χ0) is 24.4. The molecule has 0 bridgehead atoms. The number of nitrogen functional groups attached to an aromatic ring is 1. The maximum atomic E-state index is 12.7. The van der Waals surface area contributed by atoms with Crippen molar-refractivity contribution in [2.24, 2.45) is 5.73 Å². The Bertz CT molecular complexity index is 1100. The van der Waals surface area contributed by atoms with Gasteiger partial charge < -0.3 is 20.1 Å². The highest BCUT2D eigenvalue weighted by Gasteiger charge is 2.18. The number of benzene rings is 2. The predicted molar refractivity (Wildman–Crippen MR) is 125 cm³/mol. The minimum absolute atomic E-state index is 0.0268. The summed E-state index contributed by atoms with van der Waals surface area (Å²) < 4.78 is 10.2. The van der Waals surface area contributed by atoms with Crippen LogP contribution < -0.4 is 10.5 Å². The predicted octanol–water partition coefficient (Wildman–Crippen LogP) is 2.62. The summed E-state index contributed by atoms with van der Waals surface area (Å²) in [6.07, 6.45) is 6.95. The standard InChI is InChI=1S/C25H25N3O5/c1-4-14-28(16-22(29)32-5-2)24(30)17(3)15-18-6-8-20(9-7-18)25(31)33-21-12-10-19(11-13-21)23(26)27/h1,6-13,15H,5,14,16H2,2-3H3,(H3,26,27)/b17-15+. The van der Waals surface area contributed by atoms with Crippen LogP contribution in [-0.2, 0) is 14.3 Å². The number of rotatable bonds is 9. The number of hydrogen-bond acceptors (Lipinski definition) is 6. The molecule has 0 saturated heterocycles. The molecule has 0 aromatic heterocycles. The molecular formula is C25H25N3O5. The summed E-state index contributed by atoms with van der Waals surface area (Å²) in [5.74, 6) is 1.14. The van der Waals surface area contributed by atoms with E-state index in [1.807, 2.05) is 0 Å². The summed E-state index contributed by atoms with van der Waals surface area (Å²) in [6, 6.07) is 12.8. The van der Waals surface area contributed by atoms with Gasteiger partial charge in [-0.15, -0.1) is 6.42 Å². The van der Waals surface area contributed by atoms with Gasteiger partial charge in [0, 0.05) is 11.1 Å². The maximum Gasteiger partial charge on any atom is 0.343 e. The molecule has 0 saturated carbocycles. The van der Waals surface area contributed by atoms with Crippen LogP contribution in [0.1, 0.15) is 35.3 Å². The van der Waals surface area contributed by atoms with Crippen LogP contribution in [0.3, 0.4) is 0 Å². The molecule has 2 rings (SSSR count). The zero-order valence-corrected chi connectivity index (χ0v) is 18.5. The molecule has 0 unspecified atom stereocenters. The lowest BCUT2D eigenvalue weighted by Gasteiger charge is -2.19. The SMILES string of the molecule is C#CCN(CC(=O)OCC)C(=O)/C(C)=C/c1ccc(C(=O)Oc2ccc(C(=N)N)cc2)cc1. The summed E-state index contributed by atoms with van der Waals surface area (Å²) in [5, 5.41) is 7.38. The van der Waals surface area contributed by atoms with E-state index in [1.165, 1.54) is 4.90 Å². The van der Waals surface area contributed by atoms with Gasteiger partial charge in [0.05, 0.1) is 18.7 Å². The number of terminal acetylenes is 1. The van der Waals surface area contributed by atoms with E-state index in [9.17, 15) is 14.4 Å². The van der Waals surface area contributed by atoms with E-state index in [4.69, 9.17) is 27.0 Å². The van der Waals surface area contributed by atoms with Crippen LogP contribution in [0.25, 0.3) is 6.08 Å². The Morgan fingerprint density at radius 2 is 1.70 bits per heavy atom. The third kappa shape index (κ3) is 7.36. The number of carbonyl (C=O) groups excluding carboxylic acids is 3. The number of amides is 1. The molecule has 2 aromatic rings. The molecule has 3 N–H and O–H groups in total. The molecule has 0 heterocycles. The minimum Gasteiger partial charge on any atom is -0.465 e. The molecule has 0 atom stereocenters. The summed E-state index contributed by atoms with van der Waals surface area (Å²) in [5.41, 5.74) is 7.31. The average Bonchev–Trinajstić information content (AvgIpc) is 2.79. The number of nitrogens with zero attached hydrogens (tertiary/aromatic N) is 1. The first kappa shape index (κ1) is 24.9. The molecule has 8 heteroatoms. The van der Waals surface area contributed by atoms with Gasteiger partial charge in [0.1, 0.15) is 18.1 Å². The minimum atomic E-state index is -0.552. The number of hydrogen-bond donors (Lipinski definition) is 2. The van der Waals surface area contributed by atoms with Crippen LogP contribution in [0.15, 0.2) is 54.1 Å². The molecule has 1 amide bonds. The first-order valence-electron chi connectivity index (χ1n) is 10.1. The number of amidine groups is 1. The van der Waals surface area contributed by atoms with Gasteiger partial charge in [-0.1, -0.05) is 18.1 Å². The van der Waals surface area contributed by atoms with Gasteiger partial charge in [0.15, 0.2) is 0 Å². The fraction of sp³-hybridized carbons (Fsp3) is 0.200. The van der Waals surface area contributed by atoms with E-state index in [0.29, 0.717) is 28.0 Å². The number of nitrogens with two attached hydrogens (primary N) is 1. The van der Waals surface area contributed by atoms with Gasteiger partial charge in [-0.2, -0.15) is 0 Å². The quantitative estimate of drug-likeness (QED) is 0.152.